The molecule has 1 saturated carbocycles. The molecule has 1 aliphatic carbocycles. The van der Waals surface area contributed by atoms with Gasteiger partial charge in [0.05, 0.1) is 5.69 Å². The molecule has 1 atom stereocenters. The lowest BCUT2D eigenvalue weighted by molar-refractivity contribution is -0.130. The molecule has 94 valence electrons. The number of hydrogen-bond donors (Lipinski definition) is 0. The molecule has 1 unspecified atom stereocenters. The van der Waals surface area contributed by atoms with Crippen LogP contribution in [0.15, 0.2) is 35.3 Å². The Labute approximate surface area is 107 Å². The van der Waals surface area contributed by atoms with Crippen LogP contribution in [0, 0.1) is 5.92 Å². The molecule has 0 spiro atoms. The second-order valence-corrected chi connectivity index (χ2v) is 4.51. The number of hydrogen-bond acceptors (Lipinski definition) is 3. The lowest BCUT2D eigenvalue weighted by Crippen LogP contribution is -2.34. The number of carbonyl (C=O) groups excluding carboxylic acids is 2. The van der Waals surface area contributed by atoms with E-state index in [4.69, 9.17) is 0 Å². The Bertz CT molecular complexity index is 469. The van der Waals surface area contributed by atoms with E-state index in [1.54, 1.807) is 6.92 Å². The third kappa shape index (κ3) is 2.73. The molecule has 0 radical (unpaired) electrons. The molecule has 1 fully saturated rings. The van der Waals surface area contributed by atoms with Crippen LogP contribution in [-0.4, -0.2) is 17.3 Å². The van der Waals surface area contributed by atoms with Crippen molar-refractivity contribution in [3.05, 3.63) is 30.3 Å². The third-order valence-electron chi connectivity index (χ3n) is 3.21. The molecule has 0 saturated heterocycles. The van der Waals surface area contributed by atoms with Crippen molar-refractivity contribution >= 4 is 23.0 Å². The highest BCUT2D eigenvalue weighted by Gasteiger charge is 2.33. The fraction of sp³-hybridized carbons (Fsp3) is 0.400. The van der Waals surface area contributed by atoms with Crippen molar-refractivity contribution in [2.75, 3.05) is 0 Å². The number of rotatable bonds is 3. The first kappa shape index (κ1) is 12.7. The van der Waals surface area contributed by atoms with Crippen molar-refractivity contribution in [1.82, 2.24) is 0 Å². The first-order valence-corrected chi connectivity index (χ1v) is 6.40. The number of Topliss-reactive ketones (excluding diaryl/α,β-unsaturated/α-hetero) is 2. The summed E-state index contributed by atoms with van der Waals surface area (Å²) in [4.78, 5) is 28.3. The Morgan fingerprint density at radius 2 is 2.00 bits per heavy atom. The van der Waals surface area contributed by atoms with Gasteiger partial charge in [-0.2, -0.15) is 0 Å². The van der Waals surface area contributed by atoms with E-state index in [2.05, 4.69) is 4.99 Å². The topological polar surface area (TPSA) is 46.5 Å². The van der Waals surface area contributed by atoms with Crippen molar-refractivity contribution in [1.29, 1.82) is 0 Å². The van der Waals surface area contributed by atoms with Crippen molar-refractivity contribution in [2.45, 2.75) is 32.6 Å². The molecule has 18 heavy (non-hydrogen) atoms. The van der Waals surface area contributed by atoms with E-state index in [1.165, 1.54) is 0 Å². The van der Waals surface area contributed by atoms with Crippen molar-refractivity contribution in [2.24, 2.45) is 10.9 Å². The van der Waals surface area contributed by atoms with Gasteiger partial charge in [-0.05, 0) is 25.0 Å². The Morgan fingerprint density at radius 1 is 1.28 bits per heavy atom. The second-order valence-electron chi connectivity index (χ2n) is 4.51. The molecule has 3 heteroatoms. The third-order valence-corrected chi connectivity index (χ3v) is 3.21. The highest BCUT2D eigenvalue weighted by Crippen LogP contribution is 2.24. The number of ketones is 2. The minimum absolute atomic E-state index is 0.00520. The fourth-order valence-corrected chi connectivity index (χ4v) is 2.28. The van der Waals surface area contributed by atoms with Crippen LogP contribution in [0.3, 0.4) is 0 Å². The summed E-state index contributed by atoms with van der Waals surface area (Å²) in [6.07, 6.45) is 2.45. The van der Waals surface area contributed by atoms with E-state index in [0.717, 1.165) is 24.2 Å². The highest BCUT2D eigenvalue weighted by atomic mass is 16.1. The quantitative estimate of drug-likeness (QED) is 0.766. The molecule has 0 bridgehead atoms. The van der Waals surface area contributed by atoms with E-state index in [9.17, 15) is 9.59 Å². The van der Waals surface area contributed by atoms with Crippen LogP contribution in [0.2, 0.25) is 0 Å². The summed E-state index contributed by atoms with van der Waals surface area (Å²) in [5, 5.41) is 0. The minimum atomic E-state index is -0.594. The van der Waals surface area contributed by atoms with Gasteiger partial charge in [0.1, 0.15) is 17.5 Å². The van der Waals surface area contributed by atoms with Crippen molar-refractivity contribution in [3.8, 4) is 0 Å². The average molecular weight is 243 g/mol. The zero-order valence-electron chi connectivity index (χ0n) is 10.6. The van der Waals surface area contributed by atoms with E-state index < -0.39 is 5.92 Å². The predicted octanol–water partition coefficient (Wildman–Crippen LogP) is 3.11. The van der Waals surface area contributed by atoms with Gasteiger partial charge in [-0.1, -0.05) is 25.1 Å². The first-order chi connectivity index (χ1) is 8.72. The lowest BCUT2D eigenvalue weighted by Gasteiger charge is -2.21. The van der Waals surface area contributed by atoms with E-state index in [1.807, 2.05) is 30.3 Å². The summed E-state index contributed by atoms with van der Waals surface area (Å²) in [6.45, 7) is 1.80. The molecule has 0 N–H and O–H groups in total. The second kappa shape index (κ2) is 5.71. The van der Waals surface area contributed by atoms with Gasteiger partial charge in [-0.25, -0.2) is 0 Å². The molecule has 0 amide bonds. The van der Waals surface area contributed by atoms with E-state index in [-0.39, 0.29) is 11.6 Å². The largest absolute Gasteiger partial charge is 0.298 e. The average Bonchev–Trinajstić information content (AvgIpc) is 2.39. The zero-order valence-corrected chi connectivity index (χ0v) is 10.6. The number of para-hydroxylation sites is 1. The van der Waals surface area contributed by atoms with Gasteiger partial charge in [-0.15, -0.1) is 0 Å². The smallest absolute Gasteiger partial charge is 0.149 e. The maximum atomic E-state index is 11.9. The summed E-state index contributed by atoms with van der Waals surface area (Å²) in [7, 11) is 0. The molecular weight excluding hydrogens is 226 g/mol. The summed E-state index contributed by atoms with van der Waals surface area (Å²) in [5.41, 5.74) is 1.56. The molecule has 1 aromatic carbocycles. The van der Waals surface area contributed by atoms with Gasteiger partial charge in [0.15, 0.2) is 0 Å². The van der Waals surface area contributed by atoms with E-state index in [0.29, 0.717) is 12.8 Å². The first-order valence-electron chi connectivity index (χ1n) is 6.40. The van der Waals surface area contributed by atoms with Crippen LogP contribution in [0.25, 0.3) is 0 Å². The van der Waals surface area contributed by atoms with Crippen LogP contribution >= 0.6 is 0 Å². The number of carbonyl (C=O) groups is 2. The number of benzene rings is 1. The maximum Gasteiger partial charge on any atom is 0.149 e. The van der Waals surface area contributed by atoms with Gasteiger partial charge in [0, 0.05) is 18.6 Å². The molecule has 0 aromatic heterocycles. The lowest BCUT2D eigenvalue weighted by atomic mass is 9.82. The van der Waals surface area contributed by atoms with E-state index >= 15 is 0 Å². The van der Waals surface area contributed by atoms with Crippen LogP contribution in [-0.2, 0) is 9.59 Å². The van der Waals surface area contributed by atoms with Gasteiger partial charge in [0.25, 0.3) is 0 Å². The summed E-state index contributed by atoms with van der Waals surface area (Å²) in [5.74, 6) is -0.568. The number of nitrogens with zero attached hydrogens (tertiary/aromatic N) is 1. The molecular formula is C15H17NO2. The molecule has 2 rings (SSSR count). The van der Waals surface area contributed by atoms with Crippen LogP contribution in [0.1, 0.15) is 32.6 Å². The maximum absolute atomic E-state index is 11.9. The Kier molecular flexibility index (Phi) is 4.03. The van der Waals surface area contributed by atoms with Crippen LogP contribution in [0.5, 0.6) is 0 Å². The Balaban J connectivity index is 2.31. The Morgan fingerprint density at radius 3 is 2.67 bits per heavy atom. The van der Waals surface area contributed by atoms with Crippen LogP contribution < -0.4 is 0 Å². The zero-order chi connectivity index (χ0) is 13.0. The number of aliphatic imine (C=N–C) groups is 1. The standard InChI is InChI=1S/C15H17NO2/c1-2-13(17)15-12(9-6-10-14(15)18)16-11-7-4-3-5-8-11/h3-5,7-8,15H,2,6,9-10H2,1H3. The molecule has 0 aliphatic heterocycles. The van der Waals surface area contributed by atoms with Gasteiger partial charge < -0.3 is 0 Å². The van der Waals surface area contributed by atoms with Gasteiger partial charge in [0.2, 0.25) is 0 Å². The summed E-state index contributed by atoms with van der Waals surface area (Å²) in [6, 6.07) is 9.50. The molecule has 1 aliphatic rings. The van der Waals surface area contributed by atoms with Gasteiger partial charge in [-0.3, -0.25) is 14.6 Å². The van der Waals surface area contributed by atoms with Crippen molar-refractivity contribution in [3.63, 3.8) is 0 Å². The normalized spacial score (nSPS) is 22.2. The molecule has 0 heterocycles. The fourth-order valence-electron chi connectivity index (χ4n) is 2.28. The van der Waals surface area contributed by atoms with Gasteiger partial charge >= 0.3 is 0 Å². The Hall–Kier alpha value is -1.77. The summed E-state index contributed by atoms with van der Waals surface area (Å²) >= 11 is 0. The molecule has 3 nitrogen and oxygen atoms in total. The molecule has 1 aromatic rings. The minimum Gasteiger partial charge on any atom is -0.298 e. The van der Waals surface area contributed by atoms with Crippen LogP contribution in [0.4, 0.5) is 5.69 Å². The monoisotopic (exact) mass is 243 g/mol. The SMILES string of the molecule is CCC(=O)C1C(=O)CCCC1=Nc1ccccc1. The highest BCUT2D eigenvalue weighted by molar-refractivity contribution is 6.22. The summed E-state index contributed by atoms with van der Waals surface area (Å²) < 4.78 is 0. The van der Waals surface area contributed by atoms with Crippen molar-refractivity contribution < 1.29 is 9.59 Å². The predicted molar refractivity (Wildman–Crippen MR) is 71.2 cm³/mol.